The average Bonchev–Trinajstić information content (AvgIpc) is 1.97. The van der Waals surface area contributed by atoms with E-state index in [9.17, 15) is 9.59 Å². The Morgan fingerprint density at radius 1 is 1.73 bits per heavy atom. The summed E-state index contributed by atoms with van der Waals surface area (Å²) in [5, 5.41) is 11.1. The van der Waals surface area contributed by atoms with Gasteiger partial charge in [0.05, 0.1) is 0 Å². The maximum Gasteiger partial charge on any atom is 0.323 e. The van der Waals surface area contributed by atoms with Crippen molar-refractivity contribution in [3.63, 3.8) is 0 Å². The zero-order valence-corrected chi connectivity index (χ0v) is 6.41. The Morgan fingerprint density at radius 3 is 2.73 bits per heavy atom. The van der Waals surface area contributed by atoms with Crippen LogP contribution in [0, 0.1) is 0 Å². The van der Waals surface area contributed by atoms with Crippen molar-refractivity contribution in [3.05, 3.63) is 0 Å². The zero-order valence-electron chi connectivity index (χ0n) is 6.41. The Labute approximate surface area is 65.0 Å². The van der Waals surface area contributed by atoms with Crippen LogP contribution in [0.4, 0.5) is 0 Å². The molecule has 1 amide bonds. The van der Waals surface area contributed by atoms with Gasteiger partial charge in [-0.3, -0.25) is 9.59 Å². The third-order valence-electron chi connectivity index (χ3n) is 1.14. The molecule has 0 bridgehead atoms. The van der Waals surface area contributed by atoms with E-state index in [1.807, 2.05) is 0 Å². The Morgan fingerprint density at radius 2 is 2.36 bits per heavy atom. The number of carboxylic acid groups (broad SMARTS) is 1. The number of rotatable bonds is 6. The van der Waals surface area contributed by atoms with Gasteiger partial charge in [-0.1, -0.05) is 0 Å². The van der Waals surface area contributed by atoms with Crippen molar-refractivity contribution in [2.75, 3.05) is 26.7 Å². The van der Waals surface area contributed by atoms with Crippen LogP contribution in [0.1, 0.15) is 0 Å². The molecule has 5 heteroatoms. The van der Waals surface area contributed by atoms with Crippen molar-refractivity contribution in [1.29, 1.82) is 0 Å². The van der Waals surface area contributed by atoms with E-state index >= 15 is 0 Å². The number of amides is 1. The molecule has 2 N–H and O–H groups in total. The van der Waals surface area contributed by atoms with E-state index in [2.05, 4.69) is 5.32 Å². The molecule has 64 valence electrons. The maximum absolute atomic E-state index is 10.2. The number of carboxylic acids is 1. The molecule has 0 saturated heterocycles. The van der Waals surface area contributed by atoms with Crippen molar-refractivity contribution in [2.45, 2.75) is 0 Å². The quantitative estimate of drug-likeness (QED) is 0.476. The first-order valence-corrected chi connectivity index (χ1v) is 3.26. The molecule has 5 nitrogen and oxygen atoms in total. The summed E-state index contributed by atoms with van der Waals surface area (Å²) in [6, 6.07) is 0. The van der Waals surface area contributed by atoms with Crippen LogP contribution >= 0.6 is 0 Å². The number of nitrogens with zero attached hydrogens (tertiary/aromatic N) is 1. The molecule has 0 spiro atoms. The first-order valence-electron chi connectivity index (χ1n) is 3.26. The molecule has 0 aromatic carbocycles. The van der Waals surface area contributed by atoms with Gasteiger partial charge in [0.15, 0.2) is 0 Å². The molecule has 0 aliphatic carbocycles. The molecule has 0 unspecified atom stereocenters. The molecule has 0 aliphatic heterocycles. The van der Waals surface area contributed by atoms with Crippen molar-refractivity contribution >= 4 is 12.4 Å². The minimum atomic E-state index is -0.992. The van der Waals surface area contributed by atoms with E-state index in [0.29, 0.717) is 19.5 Å². The fraction of sp³-hybridized carbons (Fsp3) is 0.667. The third kappa shape index (κ3) is 5.35. The number of aliphatic carboxylic acids is 1. The van der Waals surface area contributed by atoms with E-state index in [1.54, 1.807) is 7.05 Å². The minimum absolute atomic E-state index is 0.231. The van der Waals surface area contributed by atoms with Crippen LogP contribution in [-0.4, -0.2) is 49.1 Å². The summed E-state index contributed by atoms with van der Waals surface area (Å²) in [5.41, 5.74) is 0. The summed E-state index contributed by atoms with van der Waals surface area (Å²) in [6.07, 6.45) is 0.533. The number of likely N-dealkylation sites (N-methyl/N-ethyl adjacent to an activating group) is 1. The molecule has 0 aliphatic rings. The van der Waals surface area contributed by atoms with Gasteiger partial charge in [-0.25, -0.2) is 0 Å². The smallest absolute Gasteiger partial charge is 0.323 e. The normalized spacial score (nSPS) is 9.18. The molecular weight excluding hydrogens is 148 g/mol. The topological polar surface area (TPSA) is 69.6 Å². The van der Waals surface area contributed by atoms with E-state index in [1.165, 1.54) is 4.90 Å². The molecule has 0 aromatic heterocycles. The van der Waals surface area contributed by atoms with Gasteiger partial charge in [0.25, 0.3) is 0 Å². The van der Waals surface area contributed by atoms with Crippen molar-refractivity contribution < 1.29 is 14.7 Å². The number of nitrogens with one attached hydrogen (secondary N) is 1. The number of hydrogen-bond donors (Lipinski definition) is 2. The SMILES string of the molecule is CNCCN(C=O)CC(=O)O. The van der Waals surface area contributed by atoms with Crippen molar-refractivity contribution in [1.82, 2.24) is 10.2 Å². The van der Waals surface area contributed by atoms with E-state index in [-0.39, 0.29) is 6.54 Å². The lowest BCUT2D eigenvalue weighted by molar-refractivity contribution is -0.140. The largest absolute Gasteiger partial charge is 0.480 e. The van der Waals surface area contributed by atoms with Crippen LogP contribution in [0.5, 0.6) is 0 Å². The predicted molar refractivity (Wildman–Crippen MR) is 39.2 cm³/mol. The van der Waals surface area contributed by atoms with Crippen LogP contribution in [-0.2, 0) is 9.59 Å². The highest BCUT2D eigenvalue weighted by Crippen LogP contribution is 1.80. The number of carbonyl (C=O) groups excluding carboxylic acids is 1. The highest BCUT2D eigenvalue weighted by Gasteiger charge is 2.04. The summed E-state index contributed by atoms with van der Waals surface area (Å²) in [5.74, 6) is -0.992. The highest BCUT2D eigenvalue weighted by atomic mass is 16.4. The molecule has 0 fully saturated rings. The third-order valence-corrected chi connectivity index (χ3v) is 1.14. The van der Waals surface area contributed by atoms with Gasteiger partial charge in [-0.05, 0) is 7.05 Å². The standard InChI is InChI=1S/C6H12N2O3/c1-7-2-3-8(5-9)4-6(10)11/h5,7H,2-4H2,1H3,(H,10,11). The second-order valence-electron chi connectivity index (χ2n) is 2.07. The highest BCUT2D eigenvalue weighted by molar-refractivity contribution is 5.71. The Balaban J connectivity index is 3.57. The minimum Gasteiger partial charge on any atom is -0.480 e. The molecule has 0 atom stereocenters. The van der Waals surface area contributed by atoms with Crippen molar-refractivity contribution in [3.8, 4) is 0 Å². The molecule has 0 radical (unpaired) electrons. The van der Waals surface area contributed by atoms with Gasteiger partial charge >= 0.3 is 5.97 Å². The molecule has 0 saturated carbocycles. The van der Waals surface area contributed by atoms with Crippen molar-refractivity contribution in [2.24, 2.45) is 0 Å². The van der Waals surface area contributed by atoms with E-state index in [0.717, 1.165) is 0 Å². The summed E-state index contributed by atoms with van der Waals surface area (Å²) < 4.78 is 0. The summed E-state index contributed by atoms with van der Waals surface area (Å²) in [4.78, 5) is 21.5. The fourth-order valence-electron chi connectivity index (χ4n) is 0.598. The second-order valence-corrected chi connectivity index (χ2v) is 2.07. The molecule has 0 rings (SSSR count). The Kier molecular flexibility index (Phi) is 5.10. The summed E-state index contributed by atoms with van der Waals surface area (Å²) in [6.45, 7) is 0.795. The monoisotopic (exact) mass is 160 g/mol. The first kappa shape index (κ1) is 9.90. The maximum atomic E-state index is 10.2. The van der Waals surface area contributed by atoms with Crippen LogP contribution in [0.15, 0.2) is 0 Å². The van der Waals surface area contributed by atoms with E-state index < -0.39 is 5.97 Å². The molecule has 0 heterocycles. The Bertz CT molecular complexity index is 138. The lowest BCUT2D eigenvalue weighted by atomic mass is 10.5. The van der Waals surface area contributed by atoms with Crippen LogP contribution < -0.4 is 5.32 Å². The van der Waals surface area contributed by atoms with Crippen LogP contribution in [0.3, 0.4) is 0 Å². The van der Waals surface area contributed by atoms with Crippen LogP contribution in [0.25, 0.3) is 0 Å². The summed E-state index contributed by atoms with van der Waals surface area (Å²) in [7, 11) is 1.74. The van der Waals surface area contributed by atoms with Gasteiger partial charge in [0.2, 0.25) is 6.41 Å². The van der Waals surface area contributed by atoms with Gasteiger partial charge in [-0.15, -0.1) is 0 Å². The molecule has 11 heavy (non-hydrogen) atoms. The van der Waals surface area contributed by atoms with Crippen LogP contribution in [0.2, 0.25) is 0 Å². The van der Waals surface area contributed by atoms with Gasteiger partial charge < -0.3 is 15.3 Å². The number of carbonyl (C=O) groups is 2. The summed E-state index contributed by atoms with van der Waals surface area (Å²) >= 11 is 0. The molecular formula is C6H12N2O3. The van der Waals surface area contributed by atoms with Gasteiger partial charge in [0, 0.05) is 13.1 Å². The van der Waals surface area contributed by atoms with E-state index in [4.69, 9.17) is 5.11 Å². The lowest BCUT2D eigenvalue weighted by Gasteiger charge is -2.13. The average molecular weight is 160 g/mol. The lowest BCUT2D eigenvalue weighted by Crippen LogP contribution is -2.33. The molecule has 0 aromatic rings. The number of hydrogen-bond acceptors (Lipinski definition) is 3. The zero-order chi connectivity index (χ0) is 8.69. The van der Waals surface area contributed by atoms with Gasteiger partial charge in [-0.2, -0.15) is 0 Å². The first-order chi connectivity index (χ1) is 5.20. The second kappa shape index (κ2) is 5.67. The fourth-order valence-corrected chi connectivity index (χ4v) is 0.598. The van der Waals surface area contributed by atoms with Gasteiger partial charge in [0.1, 0.15) is 6.54 Å². The Hall–Kier alpha value is -1.10. The predicted octanol–water partition coefficient (Wildman–Crippen LogP) is -1.25.